The summed E-state index contributed by atoms with van der Waals surface area (Å²) >= 11 is 1.54. The van der Waals surface area contributed by atoms with Gasteiger partial charge in [0.1, 0.15) is 0 Å². The van der Waals surface area contributed by atoms with Crippen molar-refractivity contribution in [2.75, 3.05) is 13.6 Å². The summed E-state index contributed by atoms with van der Waals surface area (Å²) in [6.07, 6.45) is 1.72. The number of hydrogen-bond acceptors (Lipinski definition) is 4. The van der Waals surface area contributed by atoms with Crippen molar-refractivity contribution in [1.29, 1.82) is 0 Å². The number of aromatic nitrogens is 1. The molecular weight excluding hydrogens is 324 g/mol. The molecule has 0 radical (unpaired) electrons. The van der Waals surface area contributed by atoms with Gasteiger partial charge in [-0.2, -0.15) is 0 Å². The molecule has 122 valence electrons. The van der Waals surface area contributed by atoms with Crippen molar-refractivity contribution in [3.05, 3.63) is 63.7 Å². The van der Waals surface area contributed by atoms with Crippen LogP contribution in [-0.2, 0) is 11.3 Å². The van der Waals surface area contributed by atoms with E-state index in [2.05, 4.69) is 10.3 Å². The molecular formula is C17H16N4O2S. The summed E-state index contributed by atoms with van der Waals surface area (Å²) in [6.45, 7) is 0.863. The molecule has 1 N–H and O–H groups in total. The van der Waals surface area contributed by atoms with Crippen molar-refractivity contribution in [3.63, 3.8) is 0 Å². The van der Waals surface area contributed by atoms with E-state index in [9.17, 15) is 9.59 Å². The molecule has 0 spiro atoms. The average Bonchev–Trinajstić information content (AvgIpc) is 3.22. The molecule has 2 aromatic rings. The normalized spacial score (nSPS) is 20.5. The summed E-state index contributed by atoms with van der Waals surface area (Å²) in [5, 5.41) is 4.88. The lowest BCUT2D eigenvalue weighted by atomic mass is 10.0. The lowest BCUT2D eigenvalue weighted by Crippen LogP contribution is -2.45. The van der Waals surface area contributed by atoms with Crippen molar-refractivity contribution in [1.82, 2.24) is 20.1 Å². The second kappa shape index (κ2) is 5.76. The van der Waals surface area contributed by atoms with Crippen LogP contribution in [0.1, 0.15) is 16.6 Å². The van der Waals surface area contributed by atoms with Gasteiger partial charge in [0.15, 0.2) is 0 Å². The first kappa shape index (κ1) is 14.9. The van der Waals surface area contributed by atoms with Gasteiger partial charge in [0.25, 0.3) is 5.91 Å². The minimum absolute atomic E-state index is 0.0408. The van der Waals surface area contributed by atoms with Gasteiger partial charge in [-0.1, -0.05) is 12.1 Å². The standard InChI is InChI=1S/C17H16N4O2S/c1-20-12-10-21(9-11-5-2-3-7-18-11)16(22)14(12)15(19-17(20)23)13-6-4-8-24-13/h2-8,15H,9-10H2,1H3,(H,19,23)/t15-/m0/s1. The van der Waals surface area contributed by atoms with Crippen molar-refractivity contribution in [2.45, 2.75) is 12.6 Å². The highest BCUT2D eigenvalue weighted by molar-refractivity contribution is 7.10. The fourth-order valence-corrected chi connectivity index (χ4v) is 3.89. The third-order valence-corrected chi connectivity index (χ3v) is 5.28. The average molecular weight is 340 g/mol. The summed E-state index contributed by atoms with van der Waals surface area (Å²) in [5.41, 5.74) is 2.27. The Bertz CT molecular complexity index is 816. The summed E-state index contributed by atoms with van der Waals surface area (Å²) in [7, 11) is 1.70. The Morgan fingerprint density at radius 2 is 2.17 bits per heavy atom. The second-order valence-electron chi connectivity index (χ2n) is 5.80. The number of hydrogen-bond donors (Lipinski definition) is 1. The van der Waals surface area contributed by atoms with Crippen molar-refractivity contribution < 1.29 is 9.59 Å². The molecule has 0 saturated heterocycles. The van der Waals surface area contributed by atoms with Crippen LogP contribution >= 0.6 is 11.3 Å². The quantitative estimate of drug-likeness (QED) is 0.931. The minimum Gasteiger partial charge on any atom is -0.327 e. The van der Waals surface area contributed by atoms with Crippen LogP contribution in [-0.4, -0.2) is 40.3 Å². The Hall–Kier alpha value is -2.67. The second-order valence-corrected chi connectivity index (χ2v) is 6.78. The predicted molar refractivity (Wildman–Crippen MR) is 90.0 cm³/mol. The molecule has 4 rings (SSSR count). The fraction of sp³-hybridized carbons (Fsp3) is 0.235. The zero-order chi connectivity index (χ0) is 16.7. The zero-order valence-electron chi connectivity index (χ0n) is 13.1. The number of rotatable bonds is 3. The highest BCUT2D eigenvalue weighted by Crippen LogP contribution is 2.37. The largest absolute Gasteiger partial charge is 0.327 e. The number of nitrogens with zero attached hydrogens (tertiary/aromatic N) is 3. The van der Waals surface area contributed by atoms with Crippen LogP contribution in [0.3, 0.4) is 0 Å². The van der Waals surface area contributed by atoms with Crippen molar-refractivity contribution in [3.8, 4) is 0 Å². The van der Waals surface area contributed by atoms with Gasteiger partial charge in [-0.3, -0.25) is 14.7 Å². The lowest BCUT2D eigenvalue weighted by Gasteiger charge is -2.30. The van der Waals surface area contributed by atoms with E-state index in [1.807, 2.05) is 35.7 Å². The first-order chi connectivity index (χ1) is 11.6. The highest BCUT2D eigenvalue weighted by Gasteiger charge is 2.43. The number of urea groups is 1. The van der Waals surface area contributed by atoms with Gasteiger partial charge in [-0.05, 0) is 23.6 Å². The topological polar surface area (TPSA) is 65.5 Å². The van der Waals surface area contributed by atoms with Crippen molar-refractivity contribution in [2.24, 2.45) is 0 Å². The highest BCUT2D eigenvalue weighted by atomic mass is 32.1. The van der Waals surface area contributed by atoms with E-state index in [1.54, 1.807) is 18.1 Å². The summed E-state index contributed by atoms with van der Waals surface area (Å²) in [4.78, 5) is 33.8. The van der Waals surface area contributed by atoms with Gasteiger partial charge >= 0.3 is 6.03 Å². The van der Waals surface area contributed by atoms with Crippen LogP contribution in [0.4, 0.5) is 4.79 Å². The van der Waals surface area contributed by atoms with Gasteiger partial charge in [0.05, 0.1) is 36.1 Å². The molecule has 0 aliphatic carbocycles. The minimum atomic E-state index is -0.370. The predicted octanol–water partition coefficient (Wildman–Crippen LogP) is 2.14. The molecule has 2 aliphatic heterocycles. The Labute approximate surface area is 143 Å². The van der Waals surface area contributed by atoms with E-state index in [-0.39, 0.29) is 18.0 Å². The number of nitrogens with one attached hydrogen (secondary N) is 1. The molecule has 4 heterocycles. The summed E-state index contributed by atoms with van der Waals surface area (Å²) < 4.78 is 0. The molecule has 6 nitrogen and oxygen atoms in total. The van der Waals surface area contributed by atoms with Gasteiger partial charge in [0, 0.05) is 18.1 Å². The number of thiophene rings is 1. The number of amides is 3. The van der Waals surface area contributed by atoms with Crippen LogP contribution in [0.25, 0.3) is 0 Å². The smallest absolute Gasteiger partial charge is 0.322 e. The number of likely N-dealkylation sites (N-methyl/N-ethyl adjacent to an activating group) is 1. The molecule has 1 atom stereocenters. The first-order valence-electron chi connectivity index (χ1n) is 7.65. The van der Waals surface area contributed by atoms with Gasteiger partial charge < -0.3 is 10.2 Å². The fourth-order valence-electron chi connectivity index (χ4n) is 3.11. The maximum atomic E-state index is 13.0. The molecule has 0 saturated carbocycles. The Balaban J connectivity index is 1.67. The molecule has 0 bridgehead atoms. The monoisotopic (exact) mass is 340 g/mol. The van der Waals surface area contributed by atoms with Crippen LogP contribution in [0.2, 0.25) is 0 Å². The molecule has 0 unspecified atom stereocenters. The Morgan fingerprint density at radius 3 is 2.88 bits per heavy atom. The van der Waals surface area contributed by atoms with Crippen LogP contribution in [0.15, 0.2) is 53.2 Å². The van der Waals surface area contributed by atoms with E-state index >= 15 is 0 Å². The third-order valence-electron chi connectivity index (χ3n) is 4.34. The number of pyridine rings is 1. The summed E-state index contributed by atoms with van der Waals surface area (Å²) in [6, 6.07) is 8.97. The zero-order valence-corrected chi connectivity index (χ0v) is 13.9. The molecule has 2 aliphatic rings. The van der Waals surface area contributed by atoms with Crippen molar-refractivity contribution >= 4 is 23.3 Å². The van der Waals surface area contributed by atoms with Crippen LogP contribution < -0.4 is 5.32 Å². The molecule has 2 aromatic heterocycles. The van der Waals surface area contributed by atoms with Gasteiger partial charge in [-0.15, -0.1) is 11.3 Å². The maximum absolute atomic E-state index is 13.0. The lowest BCUT2D eigenvalue weighted by molar-refractivity contribution is -0.126. The number of carbonyl (C=O) groups excluding carboxylic acids is 2. The van der Waals surface area contributed by atoms with Gasteiger partial charge in [-0.25, -0.2) is 4.79 Å². The number of carbonyl (C=O) groups is 2. The van der Waals surface area contributed by atoms with E-state index in [1.165, 1.54) is 16.2 Å². The first-order valence-corrected chi connectivity index (χ1v) is 8.53. The maximum Gasteiger partial charge on any atom is 0.322 e. The van der Waals surface area contributed by atoms with E-state index < -0.39 is 0 Å². The Morgan fingerprint density at radius 1 is 1.29 bits per heavy atom. The molecule has 0 fully saturated rings. The molecule has 3 amide bonds. The summed E-state index contributed by atoms with van der Waals surface area (Å²) in [5.74, 6) is -0.0408. The third kappa shape index (κ3) is 2.37. The van der Waals surface area contributed by atoms with E-state index in [4.69, 9.17) is 0 Å². The van der Waals surface area contributed by atoms with E-state index in [0.29, 0.717) is 18.7 Å². The van der Waals surface area contributed by atoms with Crippen LogP contribution in [0, 0.1) is 0 Å². The molecule has 24 heavy (non-hydrogen) atoms. The van der Waals surface area contributed by atoms with Crippen LogP contribution in [0.5, 0.6) is 0 Å². The molecule has 0 aromatic carbocycles. The Kier molecular flexibility index (Phi) is 3.57. The molecule has 7 heteroatoms. The van der Waals surface area contributed by atoms with E-state index in [0.717, 1.165) is 16.3 Å². The SMILES string of the molecule is CN1C(=O)N[C@@H](c2cccs2)C2=C1CN(Cc1ccccn1)C2=O. The van der Waals surface area contributed by atoms with Gasteiger partial charge in [0.2, 0.25) is 0 Å².